The van der Waals surface area contributed by atoms with Gasteiger partial charge >= 0.3 is 0 Å². The molecule has 1 aliphatic rings. The zero-order valence-electron chi connectivity index (χ0n) is 12.2. The fraction of sp³-hybridized carbons (Fsp3) is 0.375. The zero-order valence-corrected chi connectivity index (χ0v) is 13.9. The van der Waals surface area contributed by atoms with E-state index < -0.39 is 0 Å². The minimum atomic E-state index is 0.00204. The van der Waals surface area contributed by atoms with Gasteiger partial charge in [0.2, 0.25) is 0 Å². The summed E-state index contributed by atoms with van der Waals surface area (Å²) < 4.78 is 7.41. The summed E-state index contributed by atoms with van der Waals surface area (Å²) in [5, 5.41) is 0.826. The van der Waals surface area contributed by atoms with Gasteiger partial charge < -0.3 is 9.40 Å². The number of hydrogen-bond acceptors (Lipinski definition) is 4. The second kappa shape index (κ2) is 5.21. The van der Waals surface area contributed by atoms with Gasteiger partial charge in [-0.15, -0.1) is 11.3 Å². The topological polar surface area (TPSA) is 50.9 Å². The van der Waals surface area contributed by atoms with Crippen LogP contribution in [0.5, 0.6) is 0 Å². The second-order valence-corrected chi connectivity index (χ2v) is 7.45. The SMILES string of the molecule is C[C@H]1CCc2c(sc3[nH]c(=S)n(Cc4ccco4)c(=O)c23)C1. The molecule has 6 heteroatoms. The highest BCUT2D eigenvalue weighted by Crippen LogP contribution is 2.35. The lowest BCUT2D eigenvalue weighted by atomic mass is 9.89. The van der Waals surface area contributed by atoms with E-state index in [9.17, 15) is 4.79 Å². The molecule has 0 fully saturated rings. The molecule has 22 heavy (non-hydrogen) atoms. The molecule has 114 valence electrons. The molecule has 3 heterocycles. The Morgan fingerprint density at radius 2 is 2.41 bits per heavy atom. The molecule has 0 aromatic carbocycles. The van der Waals surface area contributed by atoms with Gasteiger partial charge in [0.05, 0.1) is 18.2 Å². The van der Waals surface area contributed by atoms with E-state index in [0.29, 0.717) is 17.2 Å². The number of rotatable bonds is 2. The molecular formula is C16H16N2O2S2. The van der Waals surface area contributed by atoms with Crippen molar-refractivity contribution in [1.29, 1.82) is 0 Å². The Balaban J connectivity index is 1.92. The lowest BCUT2D eigenvalue weighted by Crippen LogP contribution is -2.23. The first kappa shape index (κ1) is 14.0. The molecule has 0 saturated heterocycles. The van der Waals surface area contributed by atoms with Gasteiger partial charge in [0.15, 0.2) is 4.77 Å². The van der Waals surface area contributed by atoms with E-state index in [4.69, 9.17) is 16.6 Å². The average Bonchev–Trinajstić information content (AvgIpc) is 3.09. The largest absolute Gasteiger partial charge is 0.467 e. The first-order valence-corrected chi connectivity index (χ1v) is 8.65. The summed E-state index contributed by atoms with van der Waals surface area (Å²) in [6, 6.07) is 3.68. The Morgan fingerprint density at radius 3 is 3.18 bits per heavy atom. The van der Waals surface area contributed by atoms with Crippen molar-refractivity contribution >= 4 is 33.8 Å². The highest BCUT2D eigenvalue weighted by molar-refractivity contribution is 7.71. The zero-order chi connectivity index (χ0) is 15.3. The Hall–Kier alpha value is -1.66. The number of aromatic nitrogens is 2. The van der Waals surface area contributed by atoms with Crippen molar-refractivity contribution in [3.63, 3.8) is 0 Å². The minimum Gasteiger partial charge on any atom is -0.467 e. The highest BCUT2D eigenvalue weighted by Gasteiger charge is 2.23. The van der Waals surface area contributed by atoms with E-state index in [0.717, 1.165) is 35.2 Å². The smallest absolute Gasteiger partial charge is 0.263 e. The van der Waals surface area contributed by atoms with Gasteiger partial charge in [-0.2, -0.15) is 0 Å². The van der Waals surface area contributed by atoms with Crippen LogP contribution in [0.2, 0.25) is 0 Å². The van der Waals surface area contributed by atoms with Crippen molar-refractivity contribution < 1.29 is 4.42 Å². The van der Waals surface area contributed by atoms with E-state index in [-0.39, 0.29) is 5.56 Å². The first-order chi connectivity index (χ1) is 10.6. The van der Waals surface area contributed by atoms with Crippen molar-refractivity contribution in [2.75, 3.05) is 0 Å². The van der Waals surface area contributed by atoms with Gasteiger partial charge in [0.25, 0.3) is 5.56 Å². The van der Waals surface area contributed by atoms with E-state index in [1.165, 1.54) is 10.4 Å². The van der Waals surface area contributed by atoms with Crippen LogP contribution in [0.3, 0.4) is 0 Å². The number of hydrogen-bond donors (Lipinski definition) is 1. The molecule has 0 aliphatic heterocycles. The van der Waals surface area contributed by atoms with Crippen LogP contribution >= 0.6 is 23.6 Å². The average molecular weight is 332 g/mol. The Bertz CT molecular complexity index is 947. The van der Waals surface area contributed by atoms with Gasteiger partial charge in [0, 0.05) is 4.88 Å². The molecule has 3 aromatic rings. The molecule has 0 spiro atoms. The maximum atomic E-state index is 12.9. The molecular weight excluding hydrogens is 316 g/mol. The number of H-pyrrole nitrogens is 1. The van der Waals surface area contributed by atoms with Crippen LogP contribution in [-0.2, 0) is 19.4 Å². The van der Waals surface area contributed by atoms with Crippen molar-refractivity contribution in [2.45, 2.75) is 32.7 Å². The fourth-order valence-corrected chi connectivity index (χ4v) is 4.87. The van der Waals surface area contributed by atoms with Crippen molar-refractivity contribution in [2.24, 2.45) is 5.92 Å². The summed E-state index contributed by atoms with van der Waals surface area (Å²) in [6.07, 6.45) is 4.80. The van der Waals surface area contributed by atoms with Crippen LogP contribution in [-0.4, -0.2) is 9.55 Å². The molecule has 1 aliphatic carbocycles. The Labute approximate surface area is 136 Å². The number of furan rings is 1. The Kier molecular flexibility index (Phi) is 3.31. The fourth-order valence-electron chi connectivity index (χ4n) is 3.16. The van der Waals surface area contributed by atoms with Gasteiger partial charge in [-0.05, 0) is 55.1 Å². The molecule has 0 saturated carbocycles. The maximum absolute atomic E-state index is 12.9. The lowest BCUT2D eigenvalue weighted by Gasteiger charge is -2.17. The van der Waals surface area contributed by atoms with Gasteiger partial charge in [-0.1, -0.05) is 6.92 Å². The molecule has 4 nitrogen and oxygen atoms in total. The summed E-state index contributed by atoms with van der Waals surface area (Å²) in [5.74, 6) is 1.42. The molecule has 0 amide bonds. The molecule has 3 aromatic heterocycles. The van der Waals surface area contributed by atoms with Gasteiger partial charge in [-0.25, -0.2) is 0 Å². The second-order valence-electron chi connectivity index (χ2n) is 5.96. The minimum absolute atomic E-state index is 0.00204. The monoisotopic (exact) mass is 332 g/mol. The standard InChI is InChI=1S/C16H16N2O2S2/c1-9-4-5-11-12(7-9)22-14-13(11)15(19)18(16(21)17-14)8-10-3-2-6-20-10/h2-3,6,9H,4-5,7-8H2,1H3,(H,17,21)/t9-/m0/s1. The number of aryl methyl sites for hydroxylation is 1. The summed E-state index contributed by atoms with van der Waals surface area (Å²) in [6.45, 7) is 2.64. The number of thiophene rings is 1. The van der Waals surface area contributed by atoms with E-state index in [2.05, 4.69) is 11.9 Å². The summed E-state index contributed by atoms with van der Waals surface area (Å²) in [5.41, 5.74) is 1.23. The van der Waals surface area contributed by atoms with Crippen LogP contribution < -0.4 is 5.56 Å². The van der Waals surface area contributed by atoms with E-state index in [1.807, 2.05) is 12.1 Å². The third-order valence-electron chi connectivity index (χ3n) is 4.33. The van der Waals surface area contributed by atoms with Crippen LogP contribution in [0.15, 0.2) is 27.6 Å². The normalized spacial score (nSPS) is 17.8. The predicted molar refractivity (Wildman–Crippen MR) is 90.3 cm³/mol. The van der Waals surface area contributed by atoms with E-state index in [1.54, 1.807) is 22.2 Å². The van der Waals surface area contributed by atoms with Crippen molar-refractivity contribution in [1.82, 2.24) is 9.55 Å². The maximum Gasteiger partial charge on any atom is 0.263 e. The van der Waals surface area contributed by atoms with E-state index >= 15 is 0 Å². The third kappa shape index (κ3) is 2.18. The highest BCUT2D eigenvalue weighted by atomic mass is 32.1. The molecule has 0 bridgehead atoms. The van der Waals surface area contributed by atoms with Crippen molar-refractivity contribution in [3.05, 3.63) is 49.7 Å². The lowest BCUT2D eigenvalue weighted by molar-refractivity contribution is 0.487. The molecule has 4 rings (SSSR count). The number of nitrogens with one attached hydrogen (secondary N) is 1. The Morgan fingerprint density at radius 1 is 1.55 bits per heavy atom. The van der Waals surface area contributed by atoms with Crippen LogP contribution in [0.4, 0.5) is 0 Å². The number of nitrogens with zero attached hydrogens (tertiary/aromatic N) is 1. The number of fused-ring (bicyclic) bond motifs is 3. The predicted octanol–water partition coefficient (Wildman–Crippen LogP) is 3.89. The first-order valence-electron chi connectivity index (χ1n) is 7.43. The van der Waals surface area contributed by atoms with Crippen LogP contribution in [0.1, 0.15) is 29.5 Å². The molecule has 1 N–H and O–H groups in total. The summed E-state index contributed by atoms with van der Waals surface area (Å²) >= 11 is 7.07. The molecule has 0 radical (unpaired) electrons. The van der Waals surface area contributed by atoms with Crippen molar-refractivity contribution in [3.8, 4) is 0 Å². The third-order valence-corrected chi connectivity index (χ3v) is 5.82. The molecule has 0 unspecified atom stereocenters. The van der Waals surface area contributed by atoms with Gasteiger partial charge in [-0.3, -0.25) is 9.36 Å². The quantitative estimate of drug-likeness (QED) is 0.724. The van der Waals surface area contributed by atoms with Crippen LogP contribution in [0.25, 0.3) is 10.2 Å². The van der Waals surface area contributed by atoms with Crippen LogP contribution in [0, 0.1) is 10.7 Å². The number of aromatic amines is 1. The summed E-state index contributed by atoms with van der Waals surface area (Å²) in [4.78, 5) is 18.4. The molecule has 1 atom stereocenters. The van der Waals surface area contributed by atoms with Gasteiger partial charge in [0.1, 0.15) is 10.6 Å². The summed E-state index contributed by atoms with van der Waals surface area (Å²) in [7, 11) is 0.